The van der Waals surface area contributed by atoms with Crippen LogP contribution in [0.2, 0.25) is 0 Å². The van der Waals surface area contributed by atoms with Gasteiger partial charge in [0, 0.05) is 23.0 Å². The van der Waals surface area contributed by atoms with Crippen molar-refractivity contribution in [3.63, 3.8) is 0 Å². The van der Waals surface area contributed by atoms with Crippen LogP contribution in [0.25, 0.3) is 10.9 Å². The number of ether oxygens (including phenoxy) is 1. The monoisotopic (exact) mass is 464 g/mol. The lowest BCUT2D eigenvalue weighted by Crippen LogP contribution is -2.37. The maximum atomic E-state index is 13.0. The largest absolute Gasteiger partial charge is 0.497 e. The van der Waals surface area contributed by atoms with Crippen LogP contribution in [0, 0.1) is 5.92 Å². The molecule has 3 heterocycles. The van der Waals surface area contributed by atoms with E-state index in [1.807, 2.05) is 41.1 Å². The Kier molecular flexibility index (Phi) is 6.56. The van der Waals surface area contributed by atoms with Gasteiger partial charge >= 0.3 is 0 Å². The summed E-state index contributed by atoms with van der Waals surface area (Å²) in [6.07, 6.45) is 1.66. The zero-order valence-corrected chi connectivity index (χ0v) is 20.6. The lowest BCUT2D eigenvalue weighted by molar-refractivity contribution is 0.111. The Morgan fingerprint density at radius 3 is 2.62 bits per heavy atom. The minimum atomic E-state index is -0.292. The number of hydrogen-bond acceptors (Lipinski definition) is 7. The topological polar surface area (TPSA) is 102 Å². The standard InChI is InChI=1S/C25H32N6O3/c1-16(2)22(23-27-28-29-31(23)25(3,4)5)30(15-20-8-7-11-34-20)14-18-12-17-13-19(33-6)9-10-21(17)26-24(18)32/h7-13,16,22H,14-15H2,1-6H3,(H,26,32)/t22-/m0/s1. The molecule has 0 fully saturated rings. The van der Waals surface area contributed by atoms with Crippen molar-refractivity contribution in [2.75, 3.05) is 7.11 Å². The molecule has 0 amide bonds. The summed E-state index contributed by atoms with van der Waals surface area (Å²) >= 11 is 0. The van der Waals surface area contributed by atoms with Crippen LogP contribution in [0.3, 0.4) is 0 Å². The van der Waals surface area contributed by atoms with Gasteiger partial charge in [-0.2, -0.15) is 0 Å². The Hall–Kier alpha value is -3.46. The Bertz CT molecular complexity index is 1300. The molecule has 0 spiro atoms. The average Bonchev–Trinajstić information content (AvgIpc) is 3.46. The highest BCUT2D eigenvalue weighted by Crippen LogP contribution is 2.32. The van der Waals surface area contributed by atoms with Gasteiger partial charge in [0.25, 0.3) is 5.56 Å². The molecule has 0 saturated carbocycles. The lowest BCUT2D eigenvalue weighted by atomic mass is 9.99. The molecule has 0 aliphatic rings. The van der Waals surface area contributed by atoms with Crippen molar-refractivity contribution >= 4 is 10.9 Å². The summed E-state index contributed by atoms with van der Waals surface area (Å²) in [5.74, 6) is 2.47. The molecular weight excluding hydrogens is 432 g/mol. The Labute approximate surface area is 198 Å². The molecule has 0 bridgehead atoms. The molecule has 4 rings (SSSR count). The van der Waals surface area contributed by atoms with Crippen LogP contribution in [-0.4, -0.2) is 37.2 Å². The lowest BCUT2D eigenvalue weighted by Gasteiger charge is -2.34. The van der Waals surface area contributed by atoms with E-state index < -0.39 is 0 Å². The molecule has 0 aliphatic heterocycles. The number of fused-ring (bicyclic) bond motifs is 1. The first-order valence-corrected chi connectivity index (χ1v) is 11.4. The smallest absolute Gasteiger partial charge is 0.252 e. The third kappa shape index (κ3) is 4.89. The number of hydrogen-bond donors (Lipinski definition) is 1. The predicted molar refractivity (Wildman–Crippen MR) is 129 cm³/mol. The third-order valence-electron chi connectivity index (χ3n) is 5.86. The molecule has 0 radical (unpaired) electrons. The highest BCUT2D eigenvalue weighted by atomic mass is 16.5. The summed E-state index contributed by atoms with van der Waals surface area (Å²) in [6.45, 7) is 11.4. The van der Waals surface area contributed by atoms with Gasteiger partial charge in [0.2, 0.25) is 0 Å². The van der Waals surface area contributed by atoms with E-state index in [9.17, 15) is 4.79 Å². The van der Waals surface area contributed by atoms with Crippen molar-refractivity contribution in [3.05, 3.63) is 70.2 Å². The van der Waals surface area contributed by atoms with E-state index in [0.717, 1.165) is 28.2 Å². The fourth-order valence-corrected chi connectivity index (χ4v) is 4.29. The van der Waals surface area contributed by atoms with Gasteiger partial charge in [-0.05, 0) is 73.5 Å². The van der Waals surface area contributed by atoms with Gasteiger partial charge in [-0.15, -0.1) is 5.10 Å². The van der Waals surface area contributed by atoms with Crippen LogP contribution >= 0.6 is 0 Å². The zero-order valence-electron chi connectivity index (χ0n) is 20.6. The van der Waals surface area contributed by atoms with E-state index in [2.05, 4.69) is 60.0 Å². The summed E-state index contributed by atoms with van der Waals surface area (Å²) < 4.78 is 12.9. The summed E-state index contributed by atoms with van der Waals surface area (Å²) in [5.41, 5.74) is 0.997. The highest BCUT2D eigenvalue weighted by Gasteiger charge is 2.33. The number of benzene rings is 1. The molecule has 9 heteroatoms. The number of aromatic amines is 1. The molecule has 34 heavy (non-hydrogen) atoms. The van der Waals surface area contributed by atoms with Crippen molar-refractivity contribution in [1.82, 2.24) is 30.1 Å². The average molecular weight is 465 g/mol. The second-order valence-corrected chi connectivity index (χ2v) is 9.87. The summed E-state index contributed by atoms with van der Waals surface area (Å²) in [7, 11) is 1.63. The van der Waals surface area contributed by atoms with E-state index in [1.54, 1.807) is 13.4 Å². The molecule has 4 aromatic rings. The minimum Gasteiger partial charge on any atom is -0.497 e. The molecule has 180 valence electrons. The second-order valence-electron chi connectivity index (χ2n) is 9.87. The molecule has 0 unspecified atom stereocenters. The van der Waals surface area contributed by atoms with Gasteiger partial charge in [-0.3, -0.25) is 9.69 Å². The zero-order chi connectivity index (χ0) is 24.5. The van der Waals surface area contributed by atoms with Crippen molar-refractivity contribution < 1.29 is 9.15 Å². The van der Waals surface area contributed by atoms with Crippen molar-refractivity contribution in [2.24, 2.45) is 5.92 Å². The van der Waals surface area contributed by atoms with Gasteiger partial charge in [0.1, 0.15) is 11.5 Å². The van der Waals surface area contributed by atoms with Gasteiger partial charge in [0.05, 0.1) is 31.5 Å². The molecule has 1 atom stereocenters. The van der Waals surface area contributed by atoms with Crippen LogP contribution in [0.1, 0.15) is 57.8 Å². The second kappa shape index (κ2) is 9.42. The molecule has 3 aromatic heterocycles. The number of methoxy groups -OCH3 is 1. The number of furan rings is 1. The van der Waals surface area contributed by atoms with E-state index >= 15 is 0 Å². The first-order chi connectivity index (χ1) is 16.2. The van der Waals surface area contributed by atoms with Crippen LogP contribution < -0.4 is 10.3 Å². The van der Waals surface area contributed by atoms with E-state index in [4.69, 9.17) is 9.15 Å². The molecule has 1 aromatic carbocycles. The molecule has 1 N–H and O–H groups in total. The maximum absolute atomic E-state index is 13.0. The van der Waals surface area contributed by atoms with Crippen molar-refractivity contribution in [3.8, 4) is 5.75 Å². The van der Waals surface area contributed by atoms with Gasteiger partial charge < -0.3 is 14.1 Å². The summed E-state index contributed by atoms with van der Waals surface area (Å²) in [5, 5.41) is 13.6. The Morgan fingerprint density at radius 2 is 1.97 bits per heavy atom. The first-order valence-electron chi connectivity index (χ1n) is 11.4. The van der Waals surface area contributed by atoms with Gasteiger partial charge in [-0.25, -0.2) is 4.68 Å². The van der Waals surface area contributed by atoms with Crippen LogP contribution in [0.5, 0.6) is 5.75 Å². The van der Waals surface area contributed by atoms with Crippen molar-refractivity contribution in [1.29, 1.82) is 0 Å². The van der Waals surface area contributed by atoms with Gasteiger partial charge in [0.15, 0.2) is 5.82 Å². The number of nitrogens with zero attached hydrogens (tertiary/aromatic N) is 5. The van der Waals surface area contributed by atoms with E-state index in [-0.39, 0.29) is 23.1 Å². The quantitative estimate of drug-likeness (QED) is 0.415. The maximum Gasteiger partial charge on any atom is 0.252 e. The number of rotatable bonds is 8. The SMILES string of the molecule is COc1ccc2[nH]c(=O)c(CN(Cc3ccco3)[C@H](c3nnnn3C(C)(C)C)C(C)C)cc2c1. The van der Waals surface area contributed by atoms with Gasteiger partial charge in [-0.1, -0.05) is 13.8 Å². The van der Waals surface area contributed by atoms with Crippen LogP contribution in [0.4, 0.5) is 0 Å². The van der Waals surface area contributed by atoms with Crippen LogP contribution in [-0.2, 0) is 18.6 Å². The Balaban J connectivity index is 1.79. The predicted octanol–water partition coefficient (Wildman–Crippen LogP) is 4.27. The van der Waals surface area contributed by atoms with E-state index in [1.165, 1.54) is 0 Å². The van der Waals surface area contributed by atoms with Crippen LogP contribution in [0.15, 0.2) is 51.9 Å². The molecule has 0 saturated heterocycles. The normalized spacial score (nSPS) is 13.2. The first kappa shape index (κ1) is 23.7. The van der Waals surface area contributed by atoms with Crippen molar-refractivity contribution in [2.45, 2.75) is 59.3 Å². The number of pyridine rings is 1. The molecular formula is C25H32N6O3. The number of aromatic nitrogens is 5. The number of tetrazole rings is 1. The fourth-order valence-electron chi connectivity index (χ4n) is 4.29. The summed E-state index contributed by atoms with van der Waals surface area (Å²) in [6, 6.07) is 11.2. The van der Waals surface area contributed by atoms with E-state index in [0.29, 0.717) is 18.7 Å². The third-order valence-corrected chi connectivity index (χ3v) is 5.86. The molecule has 9 nitrogen and oxygen atoms in total. The Morgan fingerprint density at radius 1 is 1.18 bits per heavy atom. The minimum absolute atomic E-state index is 0.125. The highest BCUT2D eigenvalue weighted by molar-refractivity contribution is 5.80. The molecule has 0 aliphatic carbocycles. The fraction of sp³-hybridized carbons (Fsp3) is 0.440. The summed E-state index contributed by atoms with van der Waals surface area (Å²) in [4.78, 5) is 18.3. The number of H-pyrrole nitrogens is 1. The number of nitrogens with one attached hydrogen (secondary N) is 1.